The minimum atomic E-state index is 0.116. The lowest BCUT2D eigenvalue weighted by molar-refractivity contribution is 0.590. The van der Waals surface area contributed by atoms with E-state index in [1.807, 2.05) is 6.20 Å². The van der Waals surface area contributed by atoms with Crippen LogP contribution in [-0.4, -0.2) is 9.55 Å². The molecule has 4 aromatic rings. The van der Waals surface area contributed by atoms with Gasteiger partial charge >= 0.3 is 0 Å². The standard InChI is InChI=1S/C25H27IN2/c1-24(2,3)16-7-10-21-19(13-16)20-14-17(25(4,5)6)8-11-22(20)28(21)23-12-9-18(26)15-27-23/h7-15H,1-6H3. The van der Waals surface area contributed by atoms with Gasteiger partial charge in [0, 0.05) is 20.5 Å². The van der Waals surface area contributed by atoms with Gasteiger partial charge in [-0.05, 0) is 80.9 Å². The van der Waals surface area contributed by atoms with Crippen molar-refractivity contribution in [1.29, 1.82) is 0 Å². The summed E-state index contributed by atoms with van der Waals surface area (Å²) >= 11 is 2.30. The molecule has 4 rings (SSSR count). The van der Waals surface area contributed by atoms with Gasteiger partial charge in [-0.25, -0.2) is 4.98 Å². The van der Waals surface area contributed by atoms with Crippen LogP contribution in [-0.2, 0) is 10.8 Å². The molecule has 0 fully saturated rings. The second kappa shape index (κ2) is 6.58. The highest BCUT2D eigenvalue weighted by atomic mass is 127. The third kappa shape index (κ3) is 3.34. The Bertz CT molecular complexity index is 1100. The molecule has 0 aliphatic rings. The number of hydrogen-bond acceptors (Lipinski definition) is 1. The SMILES string of the molecule is CC(C)(C)c1ccc2c(c1)c1cc(C(C)(C)C)ccc1n2-c1ccc(I)cn1. The van der Waals surface area contributed by atoms with Gasteiger partial charge < -0.3 is 0 Å². The summed E-state index contributed by atoms with van der Waals surface area (Å²) in [5, 5.41) is 2.60. The number of halogens is 1. The van der Waals surface area contributed by atoms with Crippen molar-refractivity contribution in [3.63, 3.8) is 0 Å². The number of pyridine rings is 1. The van der Waals surface area contributed by atoms with E-state index in [9.17, 15) is 0 Å². The smallest absolute Gasteiger partial charge is 0.137 e. The molecule has 28 heavy (non-hydrogen) atoms. The quantitative estimate of drug-likeness (QED) is 0.259. The number of benzene rings is 2. The largest absolute Gasteiger partial charge is 0.294 e. The van der Waals surface area contributed by atoms with Gasteiger partial charge in [0.15, 0.2) is 0 Å². The van der Waals surface area contributed by atoms with E-state index in [1.54, 1.807) is 0 Å². The van der Waals surface area contributed by atoms with Gasteiger partial charge in [-0.1, -0.05) is 53.7 Å². The highest BCUT2D eigenvalue weighted by Gasteiger charge is 2.20. The zero-order chi connectivity index (χ0) is 20.3. The van der Waals surface area contributed by atoms with Crippen LogP contribution in [0.3, 0.4) is 0 Å². The molecule has 3 heteroatoms. The van der Waals surface area contributed by atoms with Crippen LogP contribution in [0.4, 0.5) is 0 Å². The second-order valence-corrected chi connectivity index (χ2v) is 10.9. The lowest BCUT2D eigenvalue weighted by Gasteiger charge is -2.19. The maximum atomic E-state index is 4.72. The molecule has 0 aliphatic heterocycles. The van der Waals surface area contributed by atoms with Crippen molar-refractivity contribution in [2.45, 2.75) is 52.4 Å². The molecule has 0 N–H and O–H groups in total. The van der Waals surface area contributed by atoms with Crippen molar-refractivity contribution in [3.05, 3.63) is 69.4 Å². The predicted molar refractivity (Wildman–Crippen MR) is 129 cm³/mol. The normalized spacial score (nSPS) is 12.8. The topological polar surface area (TPSA) is 17.8 Å². The first kappa shape index (κ1) is 19.4. The molecule has 0 aliphatic carbocycles. The first-order valence-corrected chi connectivity index (χ1v) is 10.8. The minimum absolute atomic E-state index is 0.116. The fraction of sp³-hybridized carbons (Fsp3) is 0.320. The van der Waals surface area contributed by atoms with Crippen molar-refractivity contribution in [3.8, 4) is 5.82 Å². The molecular weight excluding hydrogens is 455 g/mol. The first-order chi connectivity index (χ1) is 13.1. The first-order valence-electron chi connectivity index (χ1n) is 9.77. The zero-order valence-corrected chi connectivity index (χ0v) is 19.6. The summed E-state index contributed by atoms with van der Waals surface area (Å²) in [5.74, 6) is 0.965. The Labute approximate surface area is 181 Å². The molecule has 144 valence electrons. The van der Waals surface area contributed by atoms with Gasteiger partial charge in [0.05, 0.1) is 11.0 Å². The molecule has 0 amide bonds. The Morgan fingerprint density at radius 1 is 0.714 bits per heavy atom. The second-order valence-electron chi connectivity index (χ2n) is 9.63. The Balaban J connectivity index is 2.11. The maximum absolute atomic E-state index is 4.72. The number of rotatable bonds is 1. The molecule has 0 saturated heterocycles. The van der Waals surface area contributed by atoms with Crippen LogP contribution in [0.2, 0.25) is 0 Å². The Morgan fingerprint density at radius 3 is 1.61 bits per heavy atom. The van der Waals surface area contributed by atoms with E-state index < -0.39 is 0 Å². The molecule has 0 spiro atoms. The Morgan fingerprint density at radius 2 is 1.21 bits per heavy atom. The lowest BCUT2D eigenvalue weighted by atomic mass is 9.85. The van der Waals surface area contributed by atoms with E-state index in [0.29, 0.717) is 0 Å². The summed E-state index contributed by atoms with van der Waals surface area (Å²) in [5.41, 5.74) is 5.37. The molecule has 0 saturated carbocycles. The van der Waals surface area contributed by atoms with Crippen LogP contribution >= 0.6 is 22.6 Å². The number of aromatic nitrogens is 2. The lowest BCUT2D eigenvalue weighted by Crippen LogP contribution is -2.10. The summed E-state index contributed by atoms with van der Waals surface area (Å²) in [6.07, 6.45) is 1.93. The van der Waals surface area contributed by atoms with E-state index >= 15 is 0 Å². The van der Waals surface area contributed by atoms with Crippen LogP contribution in [0, 0.1) is 3.57 Å². The molecule has 2 nitrogen and oxygen atoms in total. The van der Waals surface area contributed by atoms with Crippen LogP contribution < -0.4 is 0 Å². The van der Waals surface area contributed by atoms with Gasteiger partial charge in [-0.3, -0.25) is 4.57 Å². The predicted octanol–water partition coefficient (Wildman–Crippen LogP) is 7.38. The summed E-state index contributed by atoms with van der Waals surface area (Å²) in [6.45, 7) is 13.6. The Hall–Kier alpha value is -1.88. The minimum Gasteiger partial charge on any atom is -0.294 e. The van der Waals surface area contributed by atoms with Gasteiger partial charge in [-0.15, -0.1) is 0 Å². The molecule has 0 bridgehead atoms. The van der Waals surface area contributed by atoms with Gasteiger partial charge in [0.25, 0.3) is 0 Å². The van der Waals surface area contributed by atoms with Crippen LogP contribution in [0.15, 0.2) is 54.7 Å². The summed E-state index contributed by atoms with van der Waals surface area (Å²) < 4.78 is 3.44. The van der Waals surface area contributed by atoms with E-state index in [1.165, 1.54) is 32.9 Å². The zero-order valence-electron chi connectivity index (χ0n) is 17.5. The van der Waals surface area contributed by atoms with E-state index in [4.69, 9.17) is 4.98 Å². The van der Waals surface area contributed by atoms with Crippen LogP contribution in [0.25, 0.3) is 27.6 Å². The van der Waals surface area contributed by atoms with Gasteiger partial charge in [0.2, 0.25) is 0 Å². The highest BCUT2D eigenvalue weighted by molar-refractivity contribution is 14.1. The highest BCUT2D eigenvalue weighted by Crippen LogP contribution is 2.37. The van der Waals surface area contributed by atoms with Crippen molar-refractivity contribution in [2.24, 2.45) is 0 Å². The van der Waals surface area contributed by atoms with E-state index in [-0.39, 0.29) is 10.8 Å². The fourth-order valence-corrected chi connectivity index (χ4v) is 4.02. The van der Waals surface area contributed by atoms with Crippen molar-refractivity contribution < 1.29 is 0 Å². The molecule has 0 atom stereocenters. The molecule has 2 aromatic heterocycles. The van der Waals surface area contributed by atoms with E-state index in [2.05, 4.69) is 117 Å². The maximum Gasteiger partial charge on any atom is 0.137 e. The fourth-order valence-electron chi connectivity index (χ4n) is 3.70. The number of hydrogen-bond donors (Lipinski definition) is 0. The molecule has 2 heterocycles. The average Bonchev–Trinajstić information content (AvgIpc) is 2.94. The molecule has 0 radical (unpaired) electrons. The number of nitrogens with zero attached hydrogens (tertiary/aromatic N) is 2. The monoisotopic (exact) mass is 482 g/mol. The summed E-state index contributed by atoms with van der Waals surface area (Å²) in [7, 11) is 0. The van der Waals surface area contributed by atoms with Gasteiger partial charge in [0.1, 0.15) is 5.82 Å². The van der Waals surface area contributed by atoms with Gasteiger partial charge in [-0.2, -0.15) is 0 Å². The summed E-state index contributed by atoms with van der Waals surface area (Å²) in [4.78, 5) is 4.72. The van der Waals surface area contributed by atoms with E-state index in [0.717, 1.165) is 9.39 Å². The van der Waals surface area contributed by atoms with Crippen molar-refractivity contribution in [2.75, 3.05) is 0 Å². The van der Waals surface area contributed by atoms with Crippen molar-refractivity contribution >= 4 is 44.4 Å². The summed E-state index contributed by atoms with van der Waals surface area (Å²) in [6, 6.07) is 18.0. The Kier molecular flexibility index (Phi) is 4.57. The molecule has 2 aromatic carbocycles. The third-order valence-electron chi connectivity index (χ3n) is 5.44. The van der Waals surface area contributed by atoms with Crippen LogP contribution in [0.1, 0.15) is 52.7 Å². The van der Waals surface area contributed by atoms with Crippen molar-refractivity contribution in [1.82, 2.24) is 9.55 Å². The average molecular weight is 482 g/mol. The number of fused-ring (bicyclic) bond motifs is 3. The van der Waals surface area contributed by atoms with Crippen LogP contribution in [0.5, 0.6) is 0 Å². The third-order valence-corrected chi connectivity index (χ3v) is 6.08. The molecule has 0 unspecified atom stereocenters. The molecular formula is C25H27IN2.